The number of nitriles is 1. The van der Waals surface area contributed by atoms with Crippen LogP contribution in [0.1, 0.15) is 63.8 Å². The minimum atomic E-state index is -0.0744. The first-order chi connectivity index (χ1) is 18.9. The van der Waals surface area contributed by atoms with Crippen LogP contribution < -0.4 is 5.32 Å². The molecule has 0 aliphatic carbocycles. The van der Waals surface area contributed by atoms with Crippen LogP contribution in [0, 0.1) is 25.2 Å². The molecule has 0 fully saturated rings. The third kappa shape index (κ3) is 5.22. The number of aromatic nitrogens is 1. The third-order valence-electron chi connectivity index (χ3n) is 7.79. The Morgan fingerprint density at radius 2 is 1.62 bits per heavy atom. The largest absolute Gasteiger partial charge is 0.346 e. The summed E-state index contributed by atoms with van der Waals surface area (Å²) >= 11 is 0. The number of benzene rings is 4. The van der Waals surface area contributed by atoms with Crippen LogP contribution in [0.4, 0.5) is 0 Å². The van der Waals surface area contributed by atoms with Crippen molar-refractivity contribution in [3.8, 4) is 17.2 Å². The lowest BCUT2D eigenvalue weighted by Crippen LogP contribution is -2.26. The van der Waals surface area contributed by atoms with Crippen LogP contribution in [0.25, 0.3) is 22.0 Å². The zero-order chi connectivity index (χ0) is 27.5. The molecule has 5 aromatic rings. The molecule has 4 aromatic carbocycles. The molecule has 39 heavy (non-hydrogen) atoms. The molecule has 4 nitrogen and oxygen atoms in total. The van der Waals surface area contributed by atoms with E-state index < -0.39 is 0 Å². The second-order valence-electron chi connectivity index (χ2n) is 10.2. The Bertz CT molecular complexity index is 1690. The maximum absolute atomic E-state index is 13.1. The highest BCUT2D eigenvalue weighted by Gasteiger charge is 2.16. The van der Waals surface area contributed by atoms with Gasteiger partial charge in [-0.1, -0.05) is 73.7 Å². The van der Waals surface area contributed by atoms with Gasteiger partial charge in [0.2, 0.25) is 0 Å². The summed E-state index contributed by atoms with van der Waals surface area (Å²) in [4.78, 5) is 13.1. The maximum atomic E-state index is 13.1. The van der Waals surface area contributed by atoms with Crippen LogP contribution in [-0.2, 0) is 13.0 Å². The third-order valence-corrected chi connectivity index (χ3v) is 7.79. The van der Waals surface area contributed by atoms with Gasteiger partial charge in [-0.2, -0.15) is 5.26 Å². The van der Waals surface area contributed by atoms with E-state index in [-0.39, 0.29) is 11.9 Å². The van der Waals surface area contributed by atoms with Crippen LogP contribution in [0.2, 0.25) is 0 Å². The first-order valence-corrected chi connectivity index (χ1v) is 13.5. The van der Waals surface area contributed by atoms with Gasteiger partial charge in [-0.3, -0.25) is 4.79 Å². The fraction of sp³-hybridized carbons (Fsp3) is 0.200. The summed E-state index contributed by atoms with van der Waals surface area (Å²) in [6, 6.07) is 32.7. The summed E-state index contributed by atoms with van der Waals surface area (Å²) in [5.74, 6) is -0.0676. The van der Waals surface area contributed by atoms with E-state index in [9.17, 15) is 10.1 Å². The molecule has 0 aliphatic heterocycles. The molecule has 4 heteroatoms. The summed E-state index contributed by atoms with van der Waals surface area (Å²) in [7, 11) is 0. The van der Waals surface area contributed by atoms with Gasteiger partial charge in [-0.05, 0) is 84.8 Å². The minimum absolute atomic E-state index is 0.0676. The standard InChI is InChI=1S/C35H33N3O/c1-5-26-10-14-28(15-11-26)24(3)37-35(39)30-18-19-34-33(20-30)23(2)25(4)38(34)22-27-12-16-29(17-13-27)32-9-7-6-8-31(32)21-36/h6-20,24H,5,22H2,1-4H3,(H,37,39). The molecule has 1 amide bonds. The quantitative estimate of drug-likeness (QED) is 0.241. The fourth-order valence-electron chi connectivity index (χ4n) is 5.20. The van der Waals surface area contributed by atoms with Gasteiger partial charge in [0.1, 0.15) is 0 Å². The summed E-state index contributed by atoms with van der Waals surface area (Å²) < 4.78 is 2.31. The maximum Gasteiger partial charge on any atom is 0.251 e. The fourth-order valence-corrected chi connectivity index (χ4v) is 5.20. The highest BCUT2D eigenvalue weighted by atomic mass is 16.1. The van der Waals surface area contributed by atoms with Crippen molar-refractivity contribution in [3.05, 3.63) is 130 Å². The van der Waals surface area contributed by atoms with E-state index in [1.54, 1.807) is 0 Å². The van der Waals surface area contributed by atoms with Crippen LogP contribution in [-0.4, -0.2) is 10.5 Å². The van der Waals surface area contributed by atoms with E-state index in [1.165, 1.54) is 22.4 Å². The van der Waals surface area contributed by atoms with Gasteiger partial charge in [0.05, 0.1) is 17.7 Å². The van der Waals surface area contributed by atoms with Crippen molar-refractivity contribution < 1.29 is 4.79 Å². The second-order valence-corrected chi connectivity index (χ2v) is 10.2. The Hall–Kier alpha value is -4.62. The number of amides is 1. The zero-order valence-electron chi connectivity index (χ0n) is 23.0. The normalized spacial score (nSPS) is 11.8. The number of hydrogen-bond donors (Lipinski definition) is 1. The van der Waals surface area contributed by atoms with Crippen molar-refractivity contribution in [1.82, 2.24) is 9.88 Å². The van der Waals surface area contributed by atoms with Crippen molar-refractivity contribution in [3.63, 3.8) is 0 Å². The first-order valence-electron chi connectivity index (χ1n) is 13.5. The molecule has 0 radical (unpaired) electrons. The summed E-state index contributed by atoms with van der Waals surface area (Å²) in [5, 5.41) is 13.7. The van der Waals surface area contributed by atoms with Gasteiger partial charge < -0.3 is 9.88 Å². The Balaban J connectivity index is 1.37. The van der Waals surface area contributed by atoms with Gasteiger partial charge >= 0.3 is 0 Å². The van der Waals surface area contributed by atoms with Crippen LogP contribution in [0.15, 0.2) is 91.0 Å². The average molecular weight is 512 g/mol. The Morgan fingerprint density at radius 1 is 0.923 bits per heavy atom. The molecule has 5 rings (SSSR count). The topological polar surface area (TPSA) is 57.8 Å². The Kier molecular flexibility index (Phi) is 7.34. The van der Waals surface area contributed by atoms with E-state index in [1.807, 2.05) is 43.3 Å². The SMILES string of the molecule is CCc1ccc(C(C)NC(=O)c2ccc3c(c2)c(C)c(C)n3Cc2ccc(-c3ccccc3C#N)cc2)cc1. The molecule has 0 spiro atoms. The minimum Gasteiger partial charge on any atom is -0.346 e. The number of nitrogens with one attached hydrogen (secondary N) is 1. The average Bonchev–Trinajstić information content (AvgIpc) is 3.21. The van der Waals surface area contributed by atoms with Crippen molar-refractivity contribution in [2.24, 2.45) is 0 Å². The molecule has 0 aliphatic rings. The van der Waals surface area contributed by atoms with Crippen molar-refractivity contribution in [2.45, 2.75) is 46.7 Å². The molecule has 0 saturated carbocycles. The molecule has 0 saturated heterocycles. The molecule has 1 heterocycles. The monoisotopic (exact) mass is 511 g/mol. The molecule has 1 aromatic heterocycles. The Labute approximate surface area is 230 Å². The van der Waals surface area contributed by atoms with Gasteiger partial charge in [-0.25, -0.2) is 0 Å². The molecular formula is C35H33N3O. The number of carbonyl (C=O) groups is 1. The number of rotatable bonds is 7. The number of fused-ring (bicyclic) bond motifs is 1. The molecular weight excluding hydrogens is 478 g/mol. The van der Waals surface area contributed by atoms with Crippen LogP contribution in [0.3, 0.4) is 0 Å². The van der Waals surface area contributed by atoms with E-state index in [4.69, 9.17) is 0 Å². The number of hydrogen-bond acceptors (Lipinski definition) is 2. The number of aryl methyl sites for hydroxylation is 2. The van der Waals surface area contributed by atoms with E-state index in [2.05, 4.69) is 91.3 Å². The van der Waals surface area contributed by atoms with E-state index in [0.29, 0.717) is 11.1 Å². The lowest BCUT2D eigenvalue weighted by atomic mass is 9.99. The smallest absolute Gasteiger partial charge is 0.251 e. The predicted molar refractivity (Wildman–Crippen MR) is 159 cm³/mol. The Morgan fingerprint density at radius 3 is 2.31 bits per heavy atom. The number of carbonyl (C=O) groups excluding carboxylic acids is 1. The lowest BCUT2D eigenvalue weighted by molar-refractivity contribution is 0.0940. The van der Waals surface area contributed by atoms with Crippen LogP contribution in [0.5, 0.6) is 0 Å². The van der Waals surface area contributed by atoms with Crippen LogP contribution >= 0.6 is 0 Å². The highest BCUT2D eigenvalue weighted by molar-refractivity contribution is 5.99. The van der Waals surface area contributed by atoms with E-state index in [0.717, 1.165) is 40.6 Å². The summed E-state index contributed by atoms with van der Waals surface area (Å²) in [6.45, 7) is 9.14. The summed E-state index contributed by atoms with van der Waals surface area (Å²) in [5.41, 5.74) is 10.4. The van der Waals surface area contributed by atoms with Crippen molar-refractivity contribution >= 4 is 16.8 Å². The summed E-state index contributed by atoms with van der Waals surface area (Å²) in [6.07, 6.45) is 1.00. The van der Waals surface area contributed by atoms with E-state index >= 15 is 0 Å². The second kappa shape index (κ2) is 11.0. The van der Waals surface area contributed by atoms with Crippen molar-refractivity contribution in [1.29, 1.82) is 5.26 Å². The first kappa shape index (κ1) is 26.0. The zero-order valence-corrected chi connectivity index (χ0v) is 23.0. The molecule has 1 atom stereocenters. The van der Waals surface area contributed by atoms with Crippen molar-refractivity contribution in [2.75, 3.05) is 0 Å². The predicted octanol–water partition coefficient (Wildman–Crippen LogP) is 7.90. The number of nitrogens with zero attached hydrogens (tertiary/aromatic N) is 2. The van der Waals surface area contributed by atoms with Gasteiger partial charge in [0.15, 0.2) is 0 Å². The lowest BCUT2D eigenvalue weighted by Gasteiger charge is -2.15. The van der Waals surface area contributed by atoms with Gasteiger partial charge in [0, 0.05) is 28.7 Å². The van der Waals surface area contributed by atoms with Gasteiger partial charge in [0.25, 0.3) is 5.91 Å². The molecule has 1 unspecified atom stereocenters. The molecule has 0 bridgehead atoms. The molecule has 1 N–H and O–H groups in total. The highest BCUT2D eigenvalue weighted by Crippen LogP contribution is 2.29. The molecule has 194 valence electrons. The van der Waals surface area contributed by atoms with Gasteiger partial charge in [-0.15, -0.1) is 0 Å².